The van der Waals surface area contributed by atoms with Gasteiger partial charge in [-0.3, -0.25) is 0 Å². The van der Waals surface area contributed by atoms with E-state index in [-0.39, 0.29) is 5.91 Å². The third-order valence-electron chi connectivity index (χ3n) is 5.98. The van der Waals surface area contributed by atoms with Crippen LogP contribution in [0.4, 0.5) is 0 Å². The number of hydrogen-bond donors (Lipinski definition) is 1. The molecule has 2 nitrogen and oxygen atoms in total. The number of nitrogens with one attached hydrogen (secondary N) is 1. The van der Waals surface area contributed by atoms with E-state index in [1.807, 2.05) is 43.3 Å². The van der Waals surface area contributed by atoms with Gasteiger partial charge in [-0.15, -0.1) is 0 Å². The molecule has 0 aliphatic heterocycles. The van der Waals surface area contributed by atoms with E-state index in [0.29, 0.717) is 5.56 Å². The second-order valence-corrected chi connectivity index (χ2v) is 35.6. The Bertz CT molecular complexity index is 1130. The Labute approximate surface area is 182 Å². The number of hydrogen-bond acceptors (Lipinski definition) is 1. The maximum absolute atomic E-state index is 13.2. The van der Waals surface area contributed by atoms with Gasteiger partial charge in [0.2, 0.25) is 0 Å². The average molecular weight is 477 g/mol. The molecule has 0 atom stereocenters. The molecule has 4 rings (SSSR count). The van der Waals surface area contributed by atoms with E-state index in [4.69, 9.17) is 18.6 Å². The molecule has 0 aromatic heterocycles. The summed E-state index contributed by atoms with van der Waals surface area (Å²) in [6.45, 7) is 4.59. The molecule has 6 heteroatoms. The number of aryl methyl sites for hydroxylation is 1. The topological polar surface area (TPSA) is 29.1 Å². The Kier molecular flexibility index (Phi) is 5.33. The molecule has 1 amide bonds. The predicted molar refractivity (Wildman–Crippen MR) is 124 cm³/mol. The number of fused-ring (bicyclic) bond motifs is 3. The standard InChI is InChI=1S/C13H9.C8H9NO.C2H7Si.2ClH.Ti/c1-3-7-12-10(5-1)9-11-6-2-4-8-13(11)12;1-6-3-2-4-7(5-6)8(9)10;1-3-2;;;/h1-5,7-8H,9H2;2-5H,1H3,(H2,9,10);3H,1-2H3;2*1H;/q;;;;;+3/p-3. The van der Waals surface area contributed by atoms with Gasteiger partial charge < -0.3 is 0 Å². The zero-order chi connectivity index (χ0) is 20.8. The summed E-state index contributed by atoms with van der Waals surface area (Å²) in [6, 6.07) is 22.2. The van der Waals surface area contributed by atoms with Crippen LogP contribution in [0.25, 0.3) is 11.1 Å². The van der Waals surface area contributed by atoms with E-state index in [2.05, 4.69) is 47.2 Å². The van der Waals surface area contributed by atoms with E-state index >= 15 is 0 Å². The first-order chi connectivity index (χ1) is 13.7. The average Bonchev–Trinajstić information content (AvgIpc) is 3.06. The summed E-state index contributed by atoms with van der Waals surface area (Å²) in [4.78, 5) is 13.2. The summed E-state index contributed by atoms with van der Waals surface area (Å²) in [5, 5.41) is 0. The molecular weight excluding hydrogens is 453 g/mol. The van der Waals surface area contributed by atoms with Crippen molar-refractivity contribution in [2.45, 2.75) is 26.4 Å². The van der Waals surface area contributed by atoms with Crippen LogP contribution >= 0.6 is 18.6 Å². The van der Waals surface area contributed by atoms with Crippen LogP contribution in [0.5, 0.6) is 0 Å². The molecule has 29 heavy (non-hydrogen) atoms. The molecule has 0 fully saturated rings. The molecule has 149 valence electrons. The maximum atomic E-state index is 13.2. The van der Waals surface area contributed by atoms with Gasteiger partial charge in [0.1, 0.15) is 0 Å². The van der Waals surface area contributed by atoms with E-state index < -0.39 is 19.4 Å². The fraction of sp³-hybridized carbons (Fsp3) is 0.174. The Morgan fingerprint density at radius 3 is 2.38 bits per heavy atom. The van der Waals surface area contributed by atoms with Crippen LogP contribution in [0.1, 0.15) is 27.0 Å². The number of halogens is 2. The third kappa shape index (κ3) is 3.54. The fourth-order valence-corrected chi connectivity index (χ4v) is 16.1. The van der Waals surface area contributed by atoms with Crippen LogP contribution in [-0.4, -0.2) is 12.6 Å². The first-order valence-corrected chi connectivity index (χ1v) is 21.3. The second-order valence-electron chi connectivity index (χ2n) is 8.23. The monoisotopic (exact) mass is 476 g/mol. The molecule has 3 aromatic rings. The first kappa shape index (κ1) is 20.9. The molecule has 0 saturated carbocycles. The molecule has 1 aliphatic rings. The summed E-state index contributed by atoms with van der Waals surface area (Å²) >= 11 is -4.54. The Morgan fingerprint density at radius 2 is 1.66 bits per heavy atom. The Morgan fingerprint density at radius 1 is 0.966 bits per heavy atom. The molecule has 0 saturated heterocycles. The van der Waals surface area contributed by atoms with Gasteiger partial charge >= 0.3 is 183 Å². The van der Waals surface area contributed by atoms with E-state index in [0.717, 1.165) is 15.9 Å². The van der Waals surface area contributed by atoms with Crippen LogP contribution in [0.3, 0.4) is 0 Å². The molecule has 0 radical (unpaired) electrons. The molecule has 0 unspecified atom stereocenters. The number of carbonyl (C=O) groups is 1. The van der Waals surface area contributed by atoms with Gasteiger partial charge in [0.15, 0.2) is 0 Å². The van der Waals surface area contributed by atoms with Gasteiger partial charge in [-0.2, -0.15) is 0 Å². The number of rotatable bonds is 4. The summed E-state index contributed by atoms with van der Waals surface area (Å²) in [5.74, 6) is -0.176. The quantitative estimate of drug-likeness (QED) is 0.386. The van der Waals surface area contributed by atoms with Gasteiger partial charge in [0, 0.05) is 0 Å². The number of carbonyl (C=O) groups excluding carboxylic acids is 1. The van der Waals surface area contributed by atoms with Crippen molar-refractivity contribution >= 4 is 35.0 Å². The van der Waals surface area contributed by atoms with Crippen molar-refractivity contribution in [3.8, 4) is 11.1 Å². The van der Waals surface area contributed by atoms with Crippen molar-refractivity contribution in [1.29, 1.82) is 0 Å². The van der Waals surface area contributed by atoms with Crippen LogP contribution in [0.2, 0.25) is 13.1 Å². The van der Waals surface area contributed by atoms with E-state index in [9.17, 15) is 4.79 Å². The number of amides is 1. The van der Waals surface area contributed by atoms with Crippen molar-refractivity contribution < 1.29 is 17.5 Å². The van der Waals surface area contributed by atoms with Crippen LogP contribution < -0.4 is 7.67 Å². The van der Waals surface area contributed by atoms with Crippen LogP contribution in [-0.2, 0) is 19.1 Å². The Balaban J connectivity index is 1.83. The minimum atomic E-state index is -4.54. The van der Waals surface area contributed by atoms with Crippen molar-refractivity contribution in [2.75, 3.05) is 0 Å². The minimum absolute atomic E-state index is 0.176. The summed E-state index contributed by atoms with van der Waals surface area (Å²) < 4.78 is 4.22. The van der Waals surface area contributed by atoms with Crippen molar-refractivity contribution in [3.05, 3.63) is 89.0 Å². The SMILES string of the molecule is Cc1cccc(C(=O)[NH][Ti]([Cl])([Cl])([c]2cccc3c2Cc2ccccc2-3)[SiH](C)C)c1. The van der Waals surface area contributed by atoms with Gasteiger partial charge in [-0.25, -0.2) is 0 Å². The first-order valence-electron chi connectivity index (χ1n) is 9.88. The zero-order valence-corrected chi connectivity index (χ0v) is 21.0. The molecule has 0 heterocycles. The van der Waals surface area contributed by atoms with E-state index in [1.54, 1.807) is 0 Å². The van der Waals surface area contributed by atoms with Gasteiger partial charge in [0.25, 0.3) is 0 Å². The van der Waals surface area contributed by atoms with Gasteiger partial charge in [0.05, 0.1) is 0 Å². The predicted octanol–water partition coefficient (Wildman–Crippen LogP) is 5.52. The normalized spacial score (nSPS) is 14.1. The molecule has 3 aromatic carbocycles. The van der Waals surface area contributed by atoms with Crippen LogP contribution in [0.15, 0.2) is 66.7 Å². The van der Waals surface area contributed by atoms with Gasteiger partial charge in [-0.1, -0.05) is 0 Å². The van der Waals surface area contributed by atoms with Gasteiger partial charge in [-0.05, 0) is 0 Å². The number of benzene rings is 3. The van der Waals surface area contributed by atoms with Crippen molar-refractivity contribution in [1.82, 2.24) is 3.80 Å². The van der Waals surface area contributed by atoms with Crippen LogP contribution in [0, 0.1) is 6.92 Å². The second kappa shape index (κ2) is 7.40. The van der Waals surface area contributed by atoms with Crippen molar-refractivity contribution in [3.63, 3.8) is 0 Å². The fourth-order valence-electron chi connectivity index (χ4n) is 4.18. The molecule has 1 aliphatic carbocycles. The van der Waals surface area contributed by atoms with Crippen molar-refractivity contribution in [2.24, 2.45) is 0 Å². The Hall–Kier alpha value is -1.36. The molecule has 1 N–H and O–H groups in total. The van der Waals surface area contributed by atoms with E-state index in [1.165, 1.54) is 22.3 Å². The summed E-state index contributed by atoms with van der Waals surface area (Å²) in [6.07, 6.45) is 0.807. The molecular formula is C23H24Cl2NOSiTi. The molecule has 0 bridgehead atoms. The summed E-state index contributed by atoms with van der Waals surface area (Å²) in [7, 11) is 14.9. The summed E-state index contributed by atoms with van der Waals surface area (Å²) in [5.41, 5.74) is 6.53. The zero-order valence-electron chi connectivity index (χ0n) is 16.8. The molecule has 0 spiro atoms. The third-order valence-corrected chi connectivity index (χ3v) is 36.0.